The molecule has 1 heterocycles. The molecule has 0 bridgehead atoms. The van der Waals surface area contributed by atoms with E-state index in [0.717, 1.165) is 18.5 Å². The normalized spacial score (nSPS) is 22.3. The van der Waals surface area contributed by atoms with Crippen LogP contribution in [0.2, 0.25) is 0 Å². The first-order valence-corrected chi connectivity index (χ1v) is 7.32. The smallest absolute Gasteiger partial charge is 0.0208 e. The molecule has 0 spiro atoms. The van der Waals surface area contributed by atoms with Gasteiger partial charge in [0.1, 0.15) is 0 Å². The second-order valence-corrected chi connectivity index (χ2v) is 5.97. The van der Waals surface area contributed by atoms with Gasteiger partial charge in [-0.25, -0.2) is 0 Å². The number of nitrogens with zero attached hydrogens (tertiary/aromatic N) is 1. The maximum absolute atomic E-state index is 3.57. The van der Waals surface area contributed by atoms with Gasteiger partial charge in [0.25, 0.3) is 0 Å². The summed E-state index contributed by atoms with van der Waals surface area (Å²) in [5.41, 5.74) is 2.97. The summed E-state index contributed by atoms with van der Waals surface area (Å²) in [7, 11) is 2.23. The van der Waals surface area contributed by atoms with E-state index in [2.05, 4.69) is 41.5 Å². The van der Waals surface area contributed by atoms with E-state index in [4.69, 9.17) is 0 Å². The average Bonchev–Trinajstić information content (AvgIpc) is 3.22. The van der Waals surface area contributed by atoms with Gasteiger partial charge in [0, 0.05) is 12.6 Å². The van der Waals surface area contributed by atoms with E-state index in [-0.39, 0.29) is 0 Å². The summed E-state index contributed by atoms with van der Waals surface area (Å²) in [4.78, 5) is 2.43. The van der Waals surface area contributed by atoms with Crippen LogP contribution in [-0.2, 0) is 6.54 Å². The Balaban J connectivity index is 1.56. The second kappa shape index (κ2) is 5.41. The molecule has 18 heavy (non-hydrogen) atoms. The molecule has 1 aromatic carbocycles. The van der Waals surface area contributed by atoms with Crippen LogP contribution in [0.15, 0.2) is 24.3 Å². The number of likely N-dealkylation sites (tertiary alicyclic amines) is 1. The Labute approximate surface area is 110 Å². The predicted octanol–water partition coefficient (Wildman–Crippen LogP) is 2.75. The molecule has 1 saturated heterocycles. The molecule has 1 aliphatic heterocycles. The van der Waals surface area contributed by atoms with Crippen molar-refractivity contribution in [2.75, 3.05) is 20.1 Å². The Hall–Kier alpha value is -0.860. The van der Waals surface area contributed by atoms with Gasteiger partial charge in [-0.2, -0.15) is 0 Å². The standard InChI is InChI=1S/C16H24N2/c1-18-10-8-15(9-11-18)14-4-2-13(3-5-14)12-17-16-6-7-16/h2-5,15-17H,6-12H2,1H3. The minimum Gasteiger partial charge on any atom is -0.310 e. The van der Waals surface area contributed by atoms with Crippen molar-refractivity contribution >= 4 is 0 Å². The van der Waals surface area contributed by atoms with E-state index < -0.39 is 0 Å². The first-order chi connectivity index (χ1) is 8.81. The molecular formula is C16H24N2. The van der Waals surface area contributed by atoms with Crippen molar-refractivity contribution < 1.29 is 0 Å². The fraction of sp³-hybridized carbons (Fsp3) is 0.625. The van der Waals surface area contributed by atoms with Crippen LogP contribution in [0.1, 0.15) is 42.7 Å². The Morgan fingerprint density at radius 1 is 1.06 bits per heavy atom. The Morgan fingerprint density at radius 3 is 2.33 bits per heavy atom. The van der Waals surface area contributed by atoms with Gasteiger partial charge in [-0.05, 0) is 62.9 Å². The van der Waals surface area contributed by atoms with Crippen LogP contribution < -0.4 is 5.32 Å². The van der Waals surface area contributed by atoms with Crippen molar-refractivity contribution in [1.29, 1.82) is 0 Å². The molecule has 1 saturated carbocycles. The first-order valence-electron chi connectivity index (χ1n) is 7.32. The topological polar surface area (TPSA) is 15.3 Å². The highest BCUT2D eigenvalue weighted by Gasteiger charge is 2.20. The van der Waals surface area contributed by atoms with Crippen LogP contribution in [0.3, 0.4) is 0 Å². The van der Waals surface area contributed by atoms with Crippen molar-refractivity contribution in [3.63, 3.8) is 0 Å². The van der Waals surface area contributed by atoms with Crippen LogP contribution in [-0.4, -0.2) is 31.1 Å². The van der Waals surface area contributed by atoms with E-state index in [9.17, 15) is 0 Å². The van der Waals surface area contributed by atoms with Crippen LogP contribution in [0.4, 0.5) is 0 Å². The Bertz CT molecular complexity index is 373. The number of benzene rings is 1. The Morgan fingerprint density at radius 2 is 1.72 bits per heavy atom. The molecule has 2 aliphatic rings. The fourth-order valence-electron chi connectivity index (χ4n) is 2.80. The fourth-order valence-corrected chi connectivity index (χ4v) is 2.80. The lowest BCUT2D eigenvalue weighted by Crippen LogP contribution is -2.29. The summed E-state index contributed by atoms with van der Waals surface area (Å²) >= 11 is 0. The van der Waals surface area contributed by atoms with Crippen LogP contribution in [0.5, 0.6) is 0 Å². The van der Waals surface area contributed by atoms with Gasteiger partial charge in [-0.3, -0.25) is 0 Å². The number of hydrogen-bond donors (Lipinski definition) is 1. The summed E-state index contributed by atoms with van der Waals surface area (Å²) in [5.74, 6) is 0.784. The molecule has 1 aliphatic carbocycles. The van der Waals surface area contributed by atoms with Gasteiger partial charge < -0.3 is 10.2 Å². The zero-order chi connectivity index (χ0) is 12.4. The lowest BCUT2D eigenvalue weighted by Gasteiger charge is -2.29. The van der Waals surface area contributed by atoms with E-state index >= 15 is 0 Å². The number of piperidine rings is 1. The Kier molecular flexibility index (Phi) is 3.67. The number of nitrogens with one attached hydrogen (secondary N) is 1. The molecule has 1 aromatic rings. The van der Waals surface area contributed by atoms with Gasteiger partial charge >= 0.3 is 0 Å². The molecular weight excluding hydrogens is 220 g/mol. The van der Waals surface area contributed by atoms with Crippen LogP contribution in [0.25, 0.3) is 0 Å². The molecule has 2 fully saturated rings. The number of hydrogen-bond acceptors (Lipinski definition) is 2. The molecule has 3 rings (SSSR count). The summed E-state index contributed by atoms with van der Waals surface area (Å²) in [6.07, 6.45) is 5.37. The van der Waals surface area contributed by atoms with Crippen molar-refractivity contribution in [2.24, 2.45) is 0 Å². The molecule has 1 N–H and O–H groups in total. The minimum atomic E-state index is 0.784. The highest BCUT2D eigenvalue weighted by Crippen LogP contribution is 2.27. The molecule has 0 atom stereocenters. The zero-order valence-electron chi connectivity index (χ0n) is 11.4. The van der Waals surface area contributed by atoms with E-state index in [1.165, 1.54) is 44.3 Å². The third kappa shape index (κ3) is 3.12. The van der Waals surface area contributed by atoms with E-state index in [1.54, 1.807) is 5.56 Å². The third-order valence-corrected chi connectivity index (χ3v) is 4.34. The van der Waals surface area contributed by atoms with Gasteiger partial charge in [0.05, 0.1) is 0 Å². The molecule has 0 amide bonds. The first kappa shape index (κ1) is 12.2. The second-order valence-electron chi connectivity index (χ2n) is 5.97. The molecule has 0 radical (unpaired) electrons. The predicted molar refractivity (Wildman–Crippen MR) is 75.8 cm³/mol. The average molecular weight is 244 g/mol. The summed E-state index contributed by atoms with van der Waals surface area (Å²) in [6.45, 7) is 3.53. The van der Waals surface area contributed by atoms with E-state index in [0.29, 0.717) is 0 Å². The monoisotopic (exact) mass is 244 g/mol. The minimum absolute atomic E-state index is 0.784. The van der Waals surface area contributed by atoms with Gasteiger partial charge in [-0.15, -0.1) is 0 Å². The van der Waals surface area contributed by atoms with Crippen molar-refractivity contribution in [2.45, 2.75) is 44.2 Å². The van der Waals surface area contributed by atoms with Crippen molar-refractivity contribution in [3.05, 3.63) is 35.4 Å². The van der Waals surface area contributed by atoms with E-state index in [1.807, 2.05) is 0 Å². The SMILES string of the molecule is CN1CCC(c2ccc(CNC3CC3)cc2)CC1. The van der Waals surface area contributed by atoms with Gasteiger partial charge in [0.2, 0.25) is 0 Å². The summed E-state index contributed by atoms with van der Waals surface area (Å²) < 4.78 is 0. The lowest BCUT2D eigenvalue weighted by molar-refractivity contribution is 0.255. The highest BCUT2D eigenvalue weighted by atomic mass is 15.1. The van der Waals surface area contributed by atoms with Gasteiger partial charge in [-0.1, -0.05) is 24.3 Å². The molecule has 2 heteroatoms. The largest absolute Gasteiger partial charge is 0.310 e. The van der Waals surface area contributed by atoms with Crippen LogP contribution in [0, 0.1) is 0 Å². The molecule has 0 aromatic heterocycles. The summed E-state index contributed by atoms with van der Waals surface area (Å²) in [6, 6.07) is 10.1. The van der Waals surface area contributed by atoms with Crippen molar-refractivity contribution in [1.82, 2.24) is 10.2 Å². The maximum atomic E-state index is 3.57. The van der Waals surface area contributed by atoms with Gasteiger partial charge in [0.15, 0.2) is 0 Å². The molecule has 0 unspecified atom stereocenters. The molecule has 98 valence electrons. The van der Waals surface area contributed by atoms with Crippen LogP contribution >= 0.6 is 0 Å². The quantitative estimate of drug-likeness (QED) is 0.876. The maximum Gasteiger partial charge on any atom is 0.0208 e. The number of rotatable bonds is 4. The third-order valence-electron chi connectivity index (χ3n) is 4.34. The highest BCUT2D eigenvalue weighted by molar-refractivity contribution is 5.26. The zero-order valence-corrected chi connectivity index (χ0v) is 11.4. The van der Waals surface area contributed by atoms with Crippen molar-refractivity contribution in [3.8, 4) is 0 Å². The summed E-state index contributed by atoms with van der Waals surface area (Å²) in [5, 5.41) is 3.57. The molecule has 2 nitrogen and oxygen atoms in total. The lowest BCUT2D eigenvalue weighted by atomic mass is 9.89.